The number of carbonyl (C=O) groups is 1. The monoisotopic (exact) mass is 337 g/mol. The Hall–Kier alpha value is -1.82. The molecular formula is C14H16BrN3O2. The van der Waals surface area contributed by atoms with Crippen molar-refractivity contribution in [1.29, 1.82) is 0 Å². The summed E-state index contributed by atoms with van der Waals surface area (Å²) in [7, 11) is 3.48. The number of hydrogen-bond donors (Lipinski definition) is 1. The van der Waals surface area contributed by atoms with Gasteiger partial charge in [0.05, 0.1) is 11.6 Å². The first-order valence-corrected chi connectivity index (χ1v) is 6.99. The van der Waals surface area contributed by atoms with Crippen molar-refractivity contribution in [3.8, 4) is 5.75 Å². The smallest absolute Gasteiger partial charge is 0.251 e. The van der Waals surface area contributed by atoms with Crippen LogP contribution < -0.4 is 10.1 Å². The molecule has 1 amide bonds. The number of benzene rings is 1. The van der Waals surface area contributed by atoms with Crippen LogP contribution in [0.3, 0.4) is 0 Å². The number of halogens is 1. The van der Waals surface area contributed by atoms with Gasteiger partial charge in [-0.2, -0.15) is 5.10 Å². The van der Waals surface area contributed by atoms with Crippen molar-refractivity contribution in [3.05, 3.63) is 46.2 Å². The third-order valence-corrected chi connectivity index (χ3v) is 3.62. The van der Waals surface area contributed by atoms with Crippen molar-refractivity contribution in [1.82, 2.24) is 15.1 Å². The number of aromatic nitrogens is 2. The summed E-state index contributed by atoms with van der Waals surface area (Å²) < 4.78 is 7.70. The zero-order valence-electron chi connectivity index (χ0n) is 11.4. The summed E-state index contributed by atoms with van der Waals surface area (Å²) in [5.41, 5.74) is 1.68. The van der Waals surface area contributed by atoms with Gasteiger partial charge in [-0.1, -0.05) is 0 Å². The summed E-state index contributed by atoms with van der Waals surface area (Å²) in [6.07, 6.45) is 2.50. The summed E-state index contributed by atoms with van der Waals surface area (Å²) in [6.45, 7) is 0.571. The molecule has 0 fully saturated rings. The quantitative estimate of drug-likeness (QED) is 0.909. The lowest BCUT2D eigenvalue weighted by atomic mass is 10.2. The van der Waals surface area contributed by atoms with E-state index in [-0.39, 0.29) is 5.91 Å². The second-order valence-electron chi connectivity index (χ2n) is 4.30. The Morgan fingerprint density at radius 1 is 1.45 bits per heavy atom. The van der Waals surface area contributed by atoms with Gasteiger partial charge >= 0.3 is 0 Å². The van der Waals surface area contributed by atoms with Crippen molar-refractivity contribution in [2.75, 3.05) is 13.7 Å². The van der Waals surface area contributed by atoms with Crippen molar-refractivity contribution < 1.29 is 9.53 Å². The van der Waals surface area contributed by atoms with Gasteiger partial charge in [0.1, 0.15) is 5.75 Å². The number of ether oxygens (including phenoxy) is 1. The van der Waals surface area contributed by atoms with Gasteiger partial charge in [-0.25, -0.2) is 0 Å². The van der Waals surface area contributed by atoms with E-state index in [1.54, 1.807) is 36.2 Å². The summed E-state index contributed by atoms with van der Waals surface area (Å²) in [4.78, 5) is 12.0. The van der Waals surface area contributed by atoms with Gasteiger partial charge in [0.25, 0.3) is 5.91 Å². The van der Waals surface area contributed by atoms with E-state index in [1.165, 1.54) is 0 Å². The second-order valence-corrected chi connectivity index (χ2v) is 5.16. The number of carbonyl (C=O) groups excluding carboxylic acids is 1. The Labute approximate surface area is 126 Å². The molecule has 0 aliphatic carbocycles. The Morgan fingerprint density at radius 3 is 2.85 bits per heavy atom. The average Bonchev–Trinajstić information content (AvgIpc) is 2.84. The molecule has 0 spiro atoms. The lowest BCUT2D eigenvalue weighted by Gasteiger charge is -2.08. The predicted molar refractivity (Wildman–Crippen MR) is 79.9 cm³/mol. The van der Waals surface area contributed by atoms with E-state index in [1.807, 2.05) is 13.1 Å². The van der Waals surface area contributed by atoms with E-state index < -0.39 is 0 Å². The number of amides is 1. The van der Waals surface area contributed by atoms with Crippen LogP contribution in [0.4, 0.5) is 0 Å². The highest BCUT2D eigenvalue weighted by molar-refractivity contribution is 9.10. The Bertz CT molecular complexity index is 610. The zero-order valence-corrected chi connectivity index (χ0v) is 13.0. The van der Waals surface area contributed by atoms with Gasteiger partial charge in [-0.3, -0.25) is 9.48 Å². The van der Waals surface area contributed by atoms with E-state index in [2.05, 4.69) is 26.3 Å². The molecule has 0 saturated carbocycles. The predicted octanol–water partition coefficient (Wildman–Crippen LogP) is 2.16. The molecule has 0 unspecified atom stereocenters. The van der Waals surface area contributed by atoms with E-state index in [4.69, 9.17) is 4.74 Å². The van der Waals surface area contributed by atoms with Crippen molar-refractivity contribution >= 4 is 21.8 Å². The third-order valence-electron chi connectivity index (χ3n) is 3.00. The molecule has 106 valence electrons. The number of hydrogen-bond acceptors (Lipinski definition) is 3. The van der Waals surface area contributed by atoms with Crippen LogP contribution in [-0.2, 0) is 13.5 Å². The van der Waals surface area contributed by atoms with Crippen LogP contribution in [0.5, 0.6) is 5.75 Å². The molecular weight excluding hydrogens is 322 g/mol. The molecule has 2 aromatic rings. The third kappa shape index (κ3) is 3.39. The SMILES string of the molecule is COc1ccc(C(=O)NCCc2ccnn2C)cc1Br. The van der Waals surface area contributed by atoms with Crippen molar-refractivity contribution in [2.24, 2.45) is 7.05 Å². The average molecular weight is 338 g/mol. The van der Waals surface area contributed by atoms with Crippen LogP contribution >= 0.6 is 15.9 Å². The molecule has 1 N–H and O–H groups in total. The minimum Gasteiger partial charge on any atom is -0.496 e. The van der Waals surface area contributed by atoms with Gasteiger partial charge in [0.15, 0.2) is 0 Å². The molecule has 0 atom stereocenters. The first kappa shape index (κ1) is 14.6. The molecule has 0 radical (unpaired) electrons. The Kier molecular flexibility index (Phi) is 4.79. The Balaban J connectivity index is 1.92. The first-order chi connectivity index (χ1) is 9.61. The zero-order chi connectivity index (χ0) is 14.5. The molecule has 1 heterocycles. The molecule has 1 aromatic carbocycles. The molecule has 2 rings (SSSR count). The van der Waals surface area contributed by atoms with E-state index in [0.717, 1.165) is 16.6 Å². The maximum absolute atomic E-state index is 12.0. The topological polar surface area (TPSA) is 56.1 Å². The molecule has 1 aromatic heterocycles. The molecule has 0 aliphatic rings. The van der Waals surface area contributed by atoms with E-state index in [0.29, 0.717) is 17.9 Å². The standard InChI is InChI=1S/C14H16BrN3O2/c1-18-11(6-8-17-18)5-7-16-14(19)10-3-4-13(20-2)12(15)9-10/h3-4,6,8-9H,5,7H2,1-2H3,(H,16,19). The highest BCUT2D eigenvalue weighted by atomic mass is 79.9. The summed E-state index contributed by atoms with van der Waals surface area (Å²) >= 11 is 3.37. The lowest BCUT2D eigenvalue weighted by Crippen LogP contribution is -2.26. The van der Waals surface area contributed by atoms with Crippen LogP contribution in [0, 0.1) is 0 Å². The number of methoxy groups -OCH3 is 1. The fraction of sp³-hybridized carbons (Fsp3) is 0.286. The van der Waals surface area contributed by atoms with Gasteiger partial charge in [-0.15, -0.1) is 0 Å². The van der Waals surface area contributed by atoms with Gasteiger partial charge < -0.3 is 10.1 Å². The Morgan fingerprint density at radius 2 is 2.25 bits per heavy atom. The van der Waals surface area contributed by atoms with Crippen LogP contribution in [0.25, 0.3) is 0 Å². The minimum absolute atomic E-state index is 0.101. The van der Waals surface area contributed by atoms with Crippen LogP contribution in [-0.4, -0.2) is 29.3 Å². The minimum atomic E-state index is -0.101. The maximum atomic E-state index is 12.0. The summed E-state index contributed by atoms with van der Waals surface area (Å²) in [5, 5.41) is 6.97. The first-order valence-electron chi connectivity index (χ1n) is 6.20. The number of aryl methyl sites for hydroxylation is 1. The summed E-state index contributed by atoms with van der Waals surface area (Å²) in [6, 6.07) is 7.19. The number of nitrogens with zero attached hydrogens (tertiary/aromatic N) is 2. The molecule has 20 heavy (non-hydrogen) atoms. The largest absolute Gasteiger partial charge is 0.496 e. The summed E-state index contributed by atoms with van der Waals surface area (Å²) in [5.74, 6) is 0.604. The van der Waals surface area contributed by atoms with Crippen LogP contribution in [0.1, 0.15) is 16.1 Å². The van der Waals surface area contributed by atoms with Crippen molar-refractivity contribution in [2.45, 2.75) is 6.42 Å². The van der Waals surface area contributed by atoms with Crippen molar-refractivity contribution in [3.63, 3.8) is 0 Å². The van der Waals surface area contributed by atoms with Gasteiger partial charge in [0, 0.05) is 37.5 Å². The fourth-order valence-electron chi connectivity index (χ4n) is 1.86. The van der Waals surface area contributed by atoms with Crippen LogP contribution in [0.15, 0.2) is 34.9 Å². The molecule has 0 bridgehead atoms. The second kappa shape index (κ2) is 6.56. The molecule has 5 nitrogen and oxygen atoms in total. The highest BCUT2D eigenvalue weighted by Crippen LogP contribution is 2.25. The highest BCUT2D eigenvalue weighted by Gasteiger charge is 2.08. The molecule has 0 saturated heterocycles. The maximum Gasteiger partial charge on any atom is 0.251 e. The lowest BCUT2D eigenvalue weighted by molar-refractivity contribution is 0.0954. The number of rotatable bonds is 5. The van der Waals surface area contributed by atoms with E-state index >= 15 is 0 Å². The van der Waals surface area contributed by atoms with E-state index in [9.17, 15) is 4.79 Å². The number of nitrogens with one attached hydrogen (secondary N) is 1. The normalized spacial score (nSPS) is 10.3. The fourth-order valence-corrected chi connectivity index (χ4v) is 2.40. The van der Waals surface area contributed by atoms with Gasteiger partial charge in [0.2, 0.25) is 0 Å². The van der Waals surface area contributed by atoms with Crippen LogP contribution in [0.2, 0.25) is 0 Å². The molecule has 6 heteroatoms. The van der Waals surface area contributed by atoms with Gasteiger partial charge in [-0.05, 0) is 40.2 Å². The molecule has 0 aliphatic heterocycles.